The Morgan fingerprint density at radius 1 is 1.14 bits per heavy atom. The highest BCUT2D eigenvalue weighted by Gasteiger charge is 2.22. The Kier molecular flexibility index (Phi) is 6.98. The maximum Gasteiger partial charge on any atom is 0.339 e. The van der Waals surface area contributed by atoms with E-state index < -0.39 is 27.7 Å². The molecule has 2 rings (SSSR count). The summed E-state index contributed by atoms with van der Waals surface area (Å²) in [6.45, 7) is 1.82. The van der Waals surface area contributed by atoms with Gasteiger partial charge >= 0.3 is 11.9 Å². The smallest absolute Gasteiger partial charge is 0.339 e. The molecule has 10 heteroatoms. The number of anilines is 1. The highest BCUT2D eigenvalue weighted by molar-refractivity contribution is 7.91. The lowest BCUT2D eigenvalue weighted by Crippen LogP contribution is -2.20. The van der Waals surface area contributed by atoms with E-state index in [-0.39, 0.29) is 28.5 Å². The van der Waals surface area contributed by atoms with Crippen LogP contribution in [-0.4, -0.2) is 39.6 Å². The molecular formula is C18H19ClN2O6S. The topological polar surface area (TPSA) is 112 Å². The molecule has 1 heterocycles. The Morgan fingerprint density at radius 2 is 1.86 bits per heavy atom. The van der Waals surface area contributed by atoms with Crippen molar-refractivity contribution >= 4 is 39.3 Å². The summed E-state index contributed by atoms with van der Waals surface area (Å²) in [5.74, 6) is -1.84. The first kappa shape index (κ1) is 21.6. The number of aryl methyl sites for hydroxylation is 1. The van der Waals surface area contributed by atoms with Crippen molar-refractivity contribution in [1.82, 2.24) is 4.98 Å². The van der Waals surface area contributed by atoms with E-state index >= 15 is 0 Å². The quantitative estimate of drug-likeness (QED) is 0.534. The molecule has 0 radical (unpaired) electrons. The second-order valence-electron chi connectivity index (χ2n) is 5.89. The number of benzene rings is 1. The van der Waals surface area contributed by atoms with Gasteiger partial charge in [-0.25, -0.2) is 18.2 Å². The van der Waals surface area contributed by atoms with Gasteiger partial charge in [-0.05, 0) is 30.7 Å². The zero-order valence-electron chi connectivity index (χ0n) is 15.5. The van der Waals surface area contributed by atoms with Crippen LogP contribution in [-0.2, 0) is 36.5 Å². The molecule has 1 aromatic heterocycles. The number of nitrogens with one attached hydrogen (secondary N) is 1. The number of hydrogen-bond acceptors (Lipinski definition) is 7. The molecule has 0 unspecified atom stereocenters. The summed E-state index contributed by atoms with van der Waals surface area (Å²) in [7, 11) is -1.55. The standard InChI is InChI=1S/C18H19ClN2O6S/c1-11-4-6-14(12(8-11)9-17(22)26-2)21-28(24,25)10-15-13(18(23)27-3)5-7-16(19)20-15/h4-8,21H,9-10H2,1-3H3. The minimum atomic E-state index is -3.98. The number of methoxy groups -OCH3 is 2. The van der Waals surface area contributed by atoms with Gasteiger partial charge in [0.15, 0.2) is 0 Å². The van der Waals surface area contributed by atoms with E-state index in [4.69, 9.17) is 11.6 Å². The first-order chi connectivity index (χ1) is 13.1. The van der Waals surface area contributed by atoms with Crippen LogP contribution in [0.5, 0.6) is 0 Å². The van der Waals surface area contributed by atoms with Crippen LogP contribution < -0.4 is 4.72 Å². The predicted octanol–water partition coefficient (Wildman–Crippen LogP) is 2.49. The first-order valence-electron chi connectivity index (χ1n) is 8.05. The van der Waals surface area contributed by atoms with Gasteiger partial charge in [0, 0.05) is 0 Å². The molecular weight excluding hydrogens is 408 g/mol. The highest BCUT2D eigenvalue weighted by atomic mass is 35.5. The van der Waals surface area contributed by atoms with E-state index in [1.807, 2.05) is 6.92 Å². The summed E-state index contributed by atoms with van der Waals surface area (Å²) in [5, 5.41) is 0.0413. The Hall–Kier alpha value is -2.65. The third-order valence-corrected chi connectivity index (χ3v) is 5.16. The van der Waals surface area contributed by atoms with Gasteiger partial charge in [-0.3, -0.25) is 9.52 Å². The van der Waals surface area contributed by atoms with E-state index in [0.717, 1.165) is 5.56 Å². The molecule has 0 aliphatic heterocycles. The number of hydrogen-bond donors (Lipinski definition) is 1. The van der Waals surface area contributed by atoms with Gasteiger partial charge in [-0.2, -0.15) is 0 Å². The molecule has 150 valence electrons. The second kappa shape index (κ2) is 9.03. The molecule has 0 aliphatic carbocycles. The molecule has 0 fully saturated rings. The molecule has 0 saturated carbocycles. The van der Waals surface area contributed by atoms with Gasteiger partial charge in [0.2, 0.25) is 10.0 Å². The first-order valence-corrected chi connectivity index (χ1v) is 10.1. The molecule has 0 aliphatic rings. The van der Waals surface area contributed by atoms with Crippen LogP contribution >= 0.6 is 11.6 Å². The van der Waals surface area contributed by atoms with Gasteiger partial charge < -0.3 is 9.47 Å². The molecule has 8 nitrogen and oxygen atoms in total. The number of pyridine rings is 1. The lowest BCUT2D eigenvalue weighted by molar-refractivity contribution is -0.139. The normalized spacial score (nSPS) is 11.0. The number of nitrogens with zero attached hydrogens (tertiary/aromatic N) is 1. The highest BCUT2D eigenvalue weighted by Crippen LogP contribution is 2.22. The lowest BCUT2D eigenvalue weighted by atomic mass is 10.1. The van der Waals surface area contributed by atoms with Crippen molar-refractivity contribution in [2.75, 3.05) is 18.9 Å². The summed E-state index contributed by atoms with van der Waals surface area (Å²) >= 11 is 5.84. The number of esters is 2. The Labute approximate surface area is 167 Å². The number of carbonyl (C=O) groups is 2. The fourth-order valence-corrected chi connectivity index (χ4v) is 3.81. The van der Waals surface area contributed by atoms with Crippen LogP contribution in [0, 0.1) is 6.92 Å². The van der Waals surface area contributed by atoms with Crippen molar-refractivity contribution in [3.05, 3.63) is 57.9 Å². The number of rotatable bonds is 7. The van der Waals surface area contributed by atoms with Gasteiger partial charge in [0.05, 0.1) is 37.6 Å². The van der Waals surface area contributed by atoms with E-state index in [1.165, 1.54) is 26.4 Å². The van der Waals surface area contributed by atoms with E-state index in [9.17, 15) is 18.0 Å². The molecule has 0 amide bonds. The van der Waals surface area contributed by atoms with Crippen molar-refractivity contribution < 1.29 is 27.5 Å². The van der Waals surface area contributed by atoms with Crippen LogP contribution in [0.25, 0.3) is 0 Å². The average molecular weight is 427 g/mol. The third kappa shape index (κ3) is 5.67. The molecule has 2 aromatic rings. The van der Waals surface area contributed by atoms with Crippen LogP contribution in [0.1, 0.15) is 27.2 Å². The summed E-state index contributed by atoms with van der Waals surface area (Å²) in [6, 6.07) is 7.66. The summed E-state index contributed by atoms with van der Waals surface area (Å²) in [4.78, 5) is 27.4. The van der Waals surface area contributed by atoms with Gasteiger partial charge in [0.1, 0.15) is 10.9 Å². The molecule has 0 saturated heterocycles. The maximum atomic E-state index is 12.7. The molecule has 1 N–H and O–H groups in total. The van der Waals surface area contributed by atoms with E-state index in [1.54, 1.807) is 18.2 Å². The summed E-state index contributed by atoms with van der Waals surface area (Å²) in [6.07, 6.45) is -0.0984. The zero-order valence-corrected chi connectivity index (χ0v) is 17.1. The van der Waals surface area contributed by atoms with Crippen LogP contribution in [0.2, 0.25) is 5.15 Å². The largest absolute Gasteiger partial charge is 0.469 e. The minimum Gasteiger partial charge on any atom is -0.469 e. The molecule has 1 aromatic carbocycles. The van der Waals surface area contributed by atoms with Gasteiger partial charge in [-0.1, -0.05) is 29.3 Å². The fraction of sp³-hybridized carbons (Fsp3) is 0.278. The van der Waals surface area contributed by atoms with Crippen molar-refractivity contribution in [3.8, 4) is 0 Å². The Balaban J connectivity index is 2.34. The third-order valence-electron chi connectivity index (χ3n) is 3.76. The summed E-state index contributed by atoms with van der Waals surface area (Å²) in [5.41, 5.74) is 1.50. The van der Waals surface area contributed by atoms with E-state index in [0.29, 0.717) is 5.56 Å². The number of ether oxygens (including phenoxy) is 2. The van der Waals surface area contributed by atoms with Gasteiger partial charge in [-0.15, -0.1) is 0 Å². The number of carbonyl (C=O) groups excluding carboxylic acids is 2. The minimum absolute atomic E-state index is 0.00374. The van der Waals surface area contributed by atoms with E-state index in [2.05, 4.69) is 19.2 Å². The number of halogens is 1. The molecule has 28 heavy (non-hydrogen) atoms. The van der Waals surface area contributed by atoms with Crippen LogP contribution in [0.15, 0.2) is 30.3 Å². The Bertz CT molecular complexity index is 1010. The fourth-order valence-electron chi connectivity index (χ4n) is 2.46. The molecule has 0 atom stereocenters. The number of sulfonamides is 1. The van der Waals surface area contributed by atoms with Crippen molar-refractivity contribution in [2.45, 2.75) is 19.1 Å². The summed E-state index contributed by atoms with van der Waals surface area (Å²) < 4.78 is 37.1. The van der Waals surface area contributed by atoms with Crippen LogP contribution in [0.3, 0.4) is 0 Å². The molecule has 0 bridgehead atoms. The van der Waals surface area contributed by atoms with Gasteiger partial charge in [0.25, 0.3) is 0 Å². The van der Waals surface area contributed by atoms with Crippen molar-refractivity contribution in [3.63, 3.8) is 0 Å². The molecule has 0 spiro atoms. The zero-order chi connectivity index (χ0) is 20.9. The number of aromatic nitrogens is 1. The average Bonchev–Trinajstić information content (AvgIpc) is 2.63. The Morgan fingerprint density at radius 3 is 2.50 bits per heavy atom. The maximum absolute atomic E-state index is 12.7. The lowest BCUT2D eigenvalue weighted by Gasteiger charge is -2.14. The second-order valence-corrected chi connectivity index (χ2v) is 8.00. The SMILES string of the molecule is COC(=O)Cc1cc(C)ccc1NS(=O)(=O)Cc1nc(Cl)ccc1C(=O)OC. The van der Waals surface area contributed by atoms with Crippen molar-refractivity contribution in [2.24, 2.45) is 0 Å². The van der Waals surface area contributed by atoms with Crippen molar-refractivity contribution in [1.29, 1.82) is 0 Å². The van der Waals surface area contributed by atoms with Crippen LogP contribution in [0.4, 0.5) is 5.69 Å². The predicted molar refractivity (Wildman–Crippen MR) is 104 cm³/mol. The monoisotopic (exact) mass is 426 g/mol.